The van der Waals surface area contributed by atoms with Gasteiger partial charge in [-0.1, -0.05) is 15.9 Å². The molecule has 19 heavy (non-hydrogen) atoms. The van der Waals surface area contributed by atoms with E-state index in [1.165, 1.54) is 5.56 Å². The highest BCUT2D eigenvalue weighted by molar-refractivity contribution is 9.10. The molecule has 1 aliphatic rings. The first-order valence-corrected chi connectivity index (χ1v) is 7.25. The van der Waals surface area contributed by atoms with Crippen molar-refractivity contribution in [2.75, 3.05) is 27.4 Å². The van der Waals surface area contributed by atoms with Crippen molar-refractivity contribution in [2.24, 2.45) is 0 Å². The summed E-state index contributed by atoms with van der Waals surface area (Å²) in [6.45, 7) is 1.39. The second kappa shape index (κ2) is 7.24. The molecule has 1 aromatic rings. The molecule has 1 heterocycles. The fraction of sp³-hybridized carbons (Fsp3) is 0.571. The van der Waals surface area contributed by atoms with Gasteiger partial charge in [0.1, 0.15) is 5.75 Å². The quantitative estimate of drug-likeness (QED) is 0.869. The molecule has 1 aliphatic heterocycles. The van der Waals surface area contributed by atoms with E-state index in [1.54, 1.807) is 7.11 Å². The normalized spacial score (nSPS) is 17.6. The molecule has 1 atom stereocenters. The van der Waals surface area contributed by atoms with Crippen LogP contribution in [0.3, 0.4) is 0 Å². The molecule has 1 aromatic carbocycles. The number of nitrogens with one attached hydrogen (secondary N) is 1. The van der Waals surface area contributed by atoms with Crippen LogP contribution in [0.25, 0.3) is 0 Å². The van der Waals surface area contributed by atoms with Gasteiger partial charge in [-0.25, -0.2) is 0 Å². The number of likely N-dealkylation sites (N-methyl/N-ethyl adjacent to an activating group) is 1. The minimum atomic E-state index is -0.0874. The predicted molar refractivity (Wildman–Crippen MR) is 77.6 cm³/mol. The molecule has 0 radical (unpaired) electrons. The van der Waals surface area contributed by atoms with Crippen molar-refractivity contribution in [3.8, 4) is 5.75 Å². The lowest BCUT2D eigenvalue weighted by atomic mass is 10.0. The van der Waals surface area contributed by atoms with Crippen LogP contribution in [0.4, 0.5) is 0 Å². The molecule has 5 heteroatoms. The van der Waals surface area contributed by atoms with Crippen molar-refractivity contribution in [2.45, 2.75) is 25.2 Å². The Morgan fingerprint density at radius 2 is 2.16 bits per heavy atom. The summed E-state index contributed by atoms with van der Waals surface area (Å²) in [7, 11) is 3.66. The standard InChI is InChI=1S/C14H20BrNO3/c1-16-12(9-14-18-5-6-19-14)8-10-7-11(15)3-4-13(10)17-2/h3-4,7,12,14,16H,5-6,8-9H2,1-2H3. The summed E-state index contributed by atoms with van der Waals surface area (Å²) < 4.78 is 17.5. The first kappa shape index (κ1) is 14.8. The highest BCUT2D eigenvalue weighted by Crippen LogP contribution is 2.25. The molecule has 0 bridgehead atoms. The zero-order valence-corrected chi connectivity index (χ0v) is 12.9. The van der Waals surface area contributed by atoms with Gasteiger partial charge >= 0.3 is 0 Å². The van der Waals surface area contributed by atoms with Crippen LogP contribution >= 0.6 is 15.9 Å². The van der Waals surface area contributed by atoms with Gasteiger partial charge in [0, 0.05) is 16.9 Å². The molecule has 1 N–H and O–H groups in total. The zero-order valence-electron chi connectivity index (χ0n) is 11.3. The summed E-state index contributed by atoms with van der Waals surface area (Å²) in [5, 5.41) is 3.32. The Bertz CT molecular complexity index is 408. The molecule has 1 unspecified atom stereocenters. The van der Waals surface area contributed by atoms with Crippen LogP contribution in [-0.4, -0.2) is 39.7 Å². The van der Waals surface area contributed by atoms with E-state index < -0.39 is 0 Å². The van der Waals surface area contributed by atoms with Crippen LogP contribution in [0.1, 0.15) is 12.0 Å². The van der Waals surface area contributed by atoms with E-state index in [-0.39, 0.29) is 6.29 Å². The van der Waals surface area contributed by atoms with Crippen molar-refractivity contribution in [1.29, 1.82) is 0 Å². The Morgan fingerprint density at radius 3 is 2.79 bits per heavy atom. The predicted octanol–water partition coefficient (Wildman–Crippen LogP) is 2.35. The average Bonchev–Trinajstić information content (AvgIpc) is 2.91. The van der Waals surface area contributed by atoms with Crippen LogP contribution in [0.15, 0.2) is 22.7 Å². The maximum absolute atomic E-state index is 5.50. The van der Waals surface area contributed by atoms with Crippen molar-refractivity contribution in [3.63, 3.8) is 0 Å². The van der Waals surface area contributed by atoms with Crippen molar-refractivity contribution in [1.82, 2.24) is 5.32 Å². The van der Waals surface area contributed by atoms with Crippen LogP contribution in [-0.2, 0) is 15.9 Å². The molecule has 0 aliphatic carbocycles. The smallest absolute Gasteiger partial charge is 0.159 e. The Kier molecular flexibility index (Phi) is 5.63. The molecule has 0 aromatic heterocycles. The van der Waals surface area contributed by atoms with Crippen molar-refractivity contribution < 1.29 is 14.2 Å². The van der Waals surface area contributed by atoms with E-state index in [4.69, 9.17) is 14.2 Å². The highest BCUT2D eigenvalue weighted by Gasteiger charge is 2.21. The van der Waals surface area contributed by atoms with Gasteiger partial charge in [-0.15, -0.1) is 0 Å². The topological polar surface area (TPSA) is 39.7 Å². The summed E-state index contributed by atoms with van der Waals surface area (Å²) in [5.74, 6) is 0.914. The van der Waals surface area contributed by atoms with E-state index in [0.29, 0.717) is 19.3 Å². The summed E-state index contributed by atoms with van der Waals surface area (Å²) in [5.41, 5.74) is 1.18. The Balaban J connectivity index is 2.02. The van der Waals surface area contributed by atoms with E-state index in [1.807, 2.05) is 19.2 Å². The van der Waals surface area contributed by atoms with Gasteiger partial charge in [0.15, 0.2) is 6.29 Å². The molecule has 0 spiro atoms. The molecule has 2 rings (SSSR count). The van der Waals surface area contributed by atoms with E-state index in [9.17, 15) is 0 Å². The summed E-state index contributed by atoms with van der Waals surface area (Å²) in [6, 6.07) is 6.36. The Morgan fingerprint density at radius 1 is 1.42 bits per heavy atom. The van der Waals surface area contributed by atoms with Gasteiger partial charge in [-0.2, -0.15) is 0 Å². The lowest BCUT2D eigenvalue weighted by Crippen LogP contribution is -2.32. The maximum Gasteiger partial charge on any atom is 0.159 e. The van der Waals surface area contributed by atoms with Crippen LogP contribution in [0.5, 0.6) is 5.75 Å². The molecule has 4 nitrogen and oxygen atoms in total. The first-order chi connectivity index (χ1) is 9.22. The van der Waals surface area contributed by atoms with Crippen LogP contribution < -0.4 is 10.1 Å². The number of hydrogen-bond acceptors (Lipinski definition) is 4. The zero-order chi connectivity index (χ0) is 13.7. The van der Waals surface area contributed by atoms with Crippen LogP contribution in [0, 0.1) is 0 Å². The summed E-state index contributed by atoms with van der Waals surface area (Å²) in [4.78, 5) is 0. The van der Waals surface area contributed by atoms with Gasteiger partial charge in [0.05, 0.1) is 20.3 Å². The molecule has 0 amide bonds. The monoisotopic (exact) mass is 329 g/mol. The summed E-state index contributed by atoms with van der Waals surface area (Å²) in [6.07, 6.45) is 1.63. The lowest BCUT2D eigenvalue weighted by molar-refractivity contribution is -0.0522. The number of benzene rings is 1. The number of ether oxygens (including phenoxy) is 3. The molecular weight excluding hydrogens is 310 g/mol. The largest absolute Gasteiger partial charge is 0.496 e. The molecule has 0 saturated carbocycles. The Labute approximate surface area is 122 Å². The van der Waals surface area contributed by atoms with E-state index in [2.05, 4.69) is 27.3 Å². The van der Waals surface area contributed by atoms with Gasteiger partial charge < -0.3 is 19.5 Å². The fourth-order valence-electron chi connectivity index (χ4n) is 2.25. The number of hydrogen-bond donors (Lipinski definition) is 1. The Hall–Kier alpha value is -0.620. The highest BCUT2D eigenvalue weighted by atomic mass is 79.9. The fourth-order valence-corrected chi connectivity index (χ4v) is 2.66. The maximum atomic E-state index is 5.50. The minimum Gasteiger partial charge on any atom is -0.496 e. The van der Waals surface area contributed by atoms with Crippen LogP contribution in [0.2, 0.25) is 0 Å². The third-order valence-corrected chi connectivity index (χ3v) is 3.78. The molecular formula is C14H20BrNO3. The SMILES string of the molecule is CNC(Cc1cc(Br)ccc1OC)CC1OCCO1. The van der Waals surface area contributed by atoms with E-state index in [0.717, 1.165) is 23.1 Å². The number of halogens is 1. The first-order valence-electron chi connectivity index (χ1n) is 6.46. The third-order valence-electron chi connectivity index (χ3n) is 3.28. The molecule has 1 fully saturated rings. The third kappa shape index (κ3) is 4.18. The second-order valence-corrected chi connectivity index (χ2v) is 5.47. The summed E-state index contributed by atoms with van der Waals surface area (Å²) >= 11 is 3.50. The van der Waals surface area contributed by atoms with Crippen molar-refractivity contribution >= 4 is 15.9 Å². The minimum absolute atomic E-state index is 0.0874. The molecule has 106 valence electrons. The van der Waals surface area contributed by atoms with Crippen molar-refractivity contribution in [3.05, 3.63) is 28.2 Å². The van der Waals surface area contributed by atoms with Gasteiger partial charge in [-0.3, -0.25) is 0 Å². The van der Waals surface area contributed by atoms with E-state index >= 15 is 0 Å². The lowest BCUT2D eigenvalue weighted by Gasteiger charge is -2.20. The average molecular weight is 330 g/mol. The van der Waals surface area contributed by atoms with Gasteiger partial charge in [0.2, 0.25) is 0 Å². The van der Waals surface area contributed by atoms with Gasteiger partial charge in [0.25, 0.3) is 0 Å². The molecule has 1 saturated heterocycles. The van der Waals surface area contributed by atoms with Gasteiger partial charge in [-0.05, 0) is 37.2 Å². The number of rotatable bonds is 6. The second-order valence-electron chi connectivity index (χ2n) is 4.55. The number of methoxy groups -OCH3 is 1.